The molecule has 0 bridgehead atoms. The van der Waals surface area contributed by atoms with Gasteiger partial charge in [0.2, 0.25) is 0 Å². The molecule has 1 aromatic carbocycles. The van der Waals surface area contributed by atoms with Gasteiger partial charge in [0.1, 0.15) is 6.04 Å². The second-order valence-electron chi connectivity index (χ2n) is 3.88. The standard InChI is InChI=1S/C12H15F3IN/c1-2-7-17-11(12(13,14)15)8-9-3-5-10(16)6-4-9/h3-6,11,17H,2,7-8H2,1H3. The minimum absolute atomic E-state index is 0.0135. The molecule has 1 rings (SSSR count). The summed E-state index contributed by atoms with van der Waals surface area (Å²) in [6.07, 6.45) is -3.52. The van der Waals surface area contributed by atoms with Crippen LogP contribution in [0.5, 0.6) is 0 Å². The van der Waals surface area contributed by atoms with Crippen LogP contribution in [0.3, 0.4) is 0 Å². The first kappa shape index (κ1) is 14.8. The van der Waals surface area contributed by atoms with Gasteiger partial charge >= 0.3 is 6.18 Å². The first-order valence-corrected chi connectivity index (χ1v) is 6.56. The van der Waals surface area contributed by atoms with E-state index in [1.165, 1.54) is 0 Å². The maximum absolute atomic E-state index is 12.7. The van der Waals surface area contributed by atoms with Gasteiger partial charge in [0.15, 0.2) is 0 Å². The fourth-order valence-corrected chi connectivity index (χ4v) is 1.84. The van der Waals surface area contributed by atoms with Crippen molar-refractivity contribution in [3.8, 4) is 0 Å². The second-order valence-corrected chi connectivity index (χ2v) is 5.12. The predicted octanol–water partition coefficient (Wildman–Crippen LogP) is 3.76. The van der Waals surface area contributed by atoms with Gasteiger partial charge < -0.3 is 5.32 Å². The van der Waals surface area contributed by atoms with E-state index in [0.717, 1.165) is 3.57 Å². The summed E-state index contributed by atoms with van der Waals surface area (Å²) in [5, 5.41) is 2.55. The van der Waals surface area contributed by atoms with E-state index in [9.17, 15) is 13.2 Å². The van der Waals surface area contributed by atoms with Crippen LogP contribution in [-0.2, 0) is 6.42 Å². The van der Waals surface area contributed by atoms with Crippen molar-refractivity contribution >= 4 is 22.6 Å². The molecule has 0 aliphatic heterocycles. The quantitative estimate of drug-likeness (QED) is 0.792. The Bertz CT molecular complexity index is 335. The average molecular weight is 357 g/mol. The minimum Gasteiger partial charge on any atom is -0.306 e. The highest BCUT2D eigenvalue weighted by Gasteiger charge is 2.38. The van der Waals surface area contributed by atoms with Crippen molar-refractivity contribution in [2.45, 2.75) is 32.0 Å². The molecule has 0 saturated heterocycles. The first-order valence-electron chi connectivity index (χ1n) is 5.48. The first-order chi connectivity index (χ1) is 7.93. The highest BCUT2D eigenvalue weighted by atomic mass is 127. The summed E-state index contributed by atoms with van der Waals surface area (Å²) in [6, 6.07) is 5.68. The van der Waals surface area contributed by atoms with Gasteiger partial charge in [0.05, 0.1) is 0 Å². The molecule has 0 amide bonds. The largest absolute Gasteiger partial charge is 0.404 e. The molecule has 17 heavy (non-hydrogen) atoms. The molecule has 0 saturated carbocycles. The molecular weight excluding hydrogens is 342 g/mol. The topological polar surface area (TPSA) is 12.0 Å². The molecule has 0 aromatic heterocycles. The average Bonchev–Trinajstić information content (AvgIpc) is 2.25. The van der Waals surface area contributed by atoms with Crippen molar-refractivity contribution in [2.75, 3.05) is 6.54 Å². The van der Waals surface area contributed by atoms with Crippen molar-refractivity contribution in [3.63, 3.8) is 0 Å². The Morgan fingerprint density at radius 1 is 1.24 bits per heavy atom. The van der Waals surface area contributed by atoms with Crippen molar-refractivity contribution < 1.29 is 13.2 Å². The molecule has 0 aliphatic carbocycles. The van der Waals surface area contributed by atoms with Gasteiger partial charge in [-0.2, -0.15) is 13.2 Å². The van der Waals surface area contributed by atoms with Gasteiger partial charge in [-0.1, -0.05) is 19.1 Å². The number of benzene rings is 1. The highest BCUT2D eigenvalue weighted by Crippen LogP contribution is 2.23. The Kier molecular flexibility index (Phi) is 5.72. The molecule has 0 radical (unpaired) electrons. The lowest BCUT2D eigenvalue weighted by atomic mass is 10.1. The summed E-state index contributed by atoms with van der Waals surface area (Å²) in [6.45, 7) is 2.24. The van der Waals surface area contributed by atoms with Crippen LogP contribution >= 0.6 is 22.6 Å². The third kappa shape index (κ3) is 5.25. The van der Waals surface area contributed by atoms with Crippen LogP contribution in [0.25, 0.3) is 0 Å². The molecule has 0 aliphatic rings. The molecule has 0 spiro atoms. The Morgan fingerprint density at radius 3 is 2.29 bits per heavy atom. The SMILES string of the molecule is CCCNC(Cc1ccc(I)cc1)C(F)(F)F. The lowest BCUT2D eigenvalue weighted by Gasteiger charge is -2.21. The zero-order valence-electron chi connectivity index (χ0n) is 9.52. The molecular formula is C12H15F3IN. The predicted molar refractivity (Wildman–Crippen MR) is 71.0 cm³/mol. The van der Waals surface area contributed by atoms with Gasteiger partial charge in [0, 0.05) is 3.57 Å². The summed E-state index contributed by atoms with van der Waals surface area (Å²) in [7, 11) is 0. The van der Waals surface area contributed by atoms with E-state index in [4.69, 9.17) is 0 Å². The van der Waals surface area contributed by atoms with E-state index in [1.807, 2.05) is 19.1 Å². The van der Waals surface area contributed by atoms with Gasteiger partial charge in [-0.25, -0.2) is 0 Å². The number of halogens is 4. The lowest BCUT2D eigenvalue weighted by molar-refractivity contribution is -0.155. The van der Waals surface area contributed by atoms with E-state index in [0.29, 0.717) is 18.5 Å². The van der Waals surface area contributed by atoms with Gasteiger partial charge in [-0.3, -0.25) is 0 Å². The Labute approximate surface area is 113 Å². The van der Waals surface area contributed by atoms with Crippen molar-refractivity contribution in [1.82, 2.24) is 5.32 Å². The van der Waals surface area contributed by atoms with Crippen LogP contribution in [0.15, 0.2) is 24.3 Å². The van der Waals surface area contributed by atoms with Crippen LogP contribution in [0.2, 0.25) is 0 Å². The van der Waals surface area contributed by atoms with Gasteiger partial charge in [-0.05, 0) is 59.7 Å². The molecule has 5 heteroatoms. The zero-order valence-corrected chi connectivity index (χ0v) is 11.7. The number of nitrogens with one attached hydrogen (secondary N) is 1. The Balaban J connectivity index is 2.68. The van der Waals surface area contributed by atoms with E-state index in [1.54, 1.807) is 12.1 Å². The lowest BCUT2D eigenvalue weighted by Crippen LogP contribution is -2.44. The maximum Gasteiger partial charge on any atom is 0.404 e. The summed E-state index contributed by atoms with van der Waals surface area (Å²) in [5.74, 6) is 0. The number of rotatable bonds is 5. The van der Waals surface area contributed by atoms with Crippen molar-refractivity contribution in [2.24, 2.45) is 0 Å². The van der Waals surface area contributed by atoms with Crippen molar-refractivity contribution in [1.29, 1.82) is 0 Å². The zero-order chi connectivity index (χ0) is 12.9. The smallest absolute Gasteiger partial charge is 0.306 e. The molecule has 1 atom stereocenters. The molecule has 1 N–H and O–H groups in total. The Hall–Kier alpha value is -0.300. The van der Waals surface area contributed by atoms with Crippen LogP contribution in [0.1, 0.15) is 18.9 Å². The molecule has 1 nitrogen and oxygen atoms in total. The van der Waals surface area contributed by atoms with Crippen molar-refractivity contribution in [3.05, 3.63) is 33.4 Å². The van der Waals surface area contributed by atoms with E-state index in [-0.39, 0.29) is 6.42 Å². The number of hydrogen-bond acceptors (Lipinski definition) is 1. The fourth-order valence-electron chi connectivity index (χ4n) is 1.48. The minimum atomic E-state index is -4.20. The van der Waals surface area contributed by atoms with E-state index in [2.05, 4.69) is 27.9 Å². The molecule has 0 fully saturated rings. The molecule has 1 aromatic rings. The number of alkyl halides is 3. The molecule has 1 unspecified atom stereocenters. The summed E-state index contributed by atoms with van der Waals surface area (Å²) in [5.41, 5.74) is 0.705. The van der Waals surface area contributed by atoms with Crippen LogP contribution in [0, 0.1) is 3.57 Å². The van der Waals surface area contributed by atoms with E-state index >= 15 is 0 Å². The third-order valence-corrected chi connectivity index (χ3v) is 3.11. The van der Waals surface area contributed by atoms with Crippen LogP contribution in [0.4, 0.5) is 13.2 Å². The highest BCUT2D eigenvalue weighted by molar-refractivity contribution is 14.1. The fraction of sp³-hybridized carbons (Fsp3) is 0.500. The van der Waals surface area contributed by atoms with Crippen LogP contribution in [-0.4, -0.2) is 18.8 Å². The number of hydrogen-bond donors (Lipinski definition) is 1. The van der Waals surface area contributed by atoms with Gasteiger partial charge in [-0.15, -0.1) is 0 Å². The molecule has 96 valence electrons. The summed E-state index contributed by atoms with van der Waals surface area (Å²) >= 11 is 2.13. The Morgan fingerprint density at radius 2 is 1.82 bits per heavy atom. The molecule has 0 heterocycles. The van der Waals surface area contributed by atoms with Gasteiger partial charge in [0.25, 0.3) is 0 Å². The second kappa shape index (κ2) is 6.58. The van der Waals surface area contributed by atoms with Crippen LogP contribution < -0.4 is 5.32 Å². The normalized spacial score (nSPS) is 13.7. The van der Waals surface area contributed by atoms with E-state index < -0.39 is 12.2 Å². The maximum atomic E-state index is 12.7. The summed E-state index contributed by atoms with van der Waals surface area (Å²) < 4.78 is 39.3. The third-order valence-electron chi connectivity index (χ3n) is 2.39. The summed E-state index contributed by atoms with van der Waals surface area (Å²) in [4.78, 5) is 0. The monoisotopic (exact) mass is 357 g/mol.